The second-order valence-corrected chi connectivity index (χ2v) is 6.55. The molecule has 0 unspecified atom stereocenters. The summed E-state index contributed by atoms with van der Waals surface area (Å²) in [5, 5.41) is 3.86. The number of benzene rings is 1. The number of nitrogens with zero attached hydrogens (tertiary/aromatic N) is 2. The highest BCUT2D eigenvalue weighted by molar-refractivity contribution is 7.15. The van der Waals surface area contributed by atoms with Crippen molar-refractivity contribution in [3.63, 3.8) is 0 Å². The largest absolute Gasteiger partial charge is 0.484 e. The molecule has 0 bridgehead atoms. The molecule has 6 heteroatoms. The van der Waals surface area contributed by atoms with Crippen LogP contribution in [0.5, 0.6) is 5.75 Å². The number of thiazole rings is 1. The topological polar surface area (TPSA) is 64.1 Å². The Kier molecular flexibility index (Phi) is 5.74. The van der Waals surface area contributed by atoms with Gasteiger partial charge in [0, 0.05) is 35.8 Å². The quantitative estimate of drug-likeness (QED) is 0.708. The first-order chi connectivity index (χ1) is 12.2. The van der Waals surface area contributed by atoms with Crippen molar-refractivity contribution in [2.45, 2.75) is 13.3 Å². The molecule has 1 aromatic carbocycles. The standard InChI is InChI=1S/C19H19N3O2S/c1-14-17(25-19(22-14)15-7-10-20-11-8-15)9-12-21-18(23)13-24-16-5-3-2-4-6-16/h2-8,10-11H,9,12-13H2,1H3,(H,21,23). The maximum Gasteiger partial charge on any atom is 0.257 e. The van der Waals surface area contributed by atoms with Gasteiger partial charge in [0.25, 0.3) is 5.91 Å². The van der Waals surface area contributed by atoms with Crippen LogP contribution in [0.1, 0.15) is 10.6 Å². The number of amides is 1. The monoisotopic (exact) mass is 353 g/mol. The van der Waals surface area contributed by atoms with Gasteiger partial charge in [-0.1, -0.05) is 18.2 Å². The maximum atomic E-state index is 11.9. The number of aromatic nitrogens is 2. The SMILES string of the molecule is Cc1nc(-c2ccncc2)sc1CCNC(=O)COc1ccccc1. The average Bonchev–Trinajstić information content (AvgIpc) is 3.02. The average molecular weight is 353 g/mol. The summed E-state index contributed by atoms with van der Waals surface area (Å²) in [7, 11) is 0. The van der Waals surface area contributed by atoms with Gasteiger partial charge >= 0.3 is 0 Å². The minimum atomic E-state index is -0.125. The lowest BCUT2D eigenvalue weighted by atomic mass is 10.3. The van der Waals surface area contributed by atoms with E-state index in [2.05, 4.69) is 15.3 Å². The summed E-state index contributed by atoms with van der Waals surface area (Å²) in [5.41, 5.74) is 2.07. The molecule has 3 rings (SSSR count). The summed E-state index contributed by atoms with van der Waals surface area (Å²) in [6, 6.07) is 13.2. The van der Waals surface area contributed by atoms with Crippen LogP contribution in [0, 0.1) is 6.92 Å². The Morgan fingerprint density at radius 1 is 1.16 bits per heavy atom. The minimum Gasteiger partial charge on any atom is -0.484 e. The van der Waals surface area contributed by atoms with Gasteiger partial charge in [-0.2, -0.15) is 0 Å². The predicted molar refractivity (Wildman–Crippen MR) is 98.7 cm³/mol. The van der Waals surface area contributed by atoms with E-state index in [4.69, 9.17) is 4.74 Å². The highest BCUT2D eigenvalue weighted by Gasteiger charge is 2.10. The van der Waals surface area contributed by atoms with Gasteiger partial charge in [-0.25, -0.2) is 4.98 Å². The van der Waals surface area contributed by atoms with E-state index < -0.39 is 0 Å². The van der Waals surface area contributed by atoms with Crippen molar-refractivity contribution < 1.29 is 9.53 Å². The molecule has 128 valence electrons. The van der Waals surface area contributed by atoms with Crippen LogP contribution in [0.2, 0.25) is 0 Å². The number of ether oxygens (including phenoxy) is 1. The fourth-order valence-corrected chi connectivity index (χ4v) is 3.38. The first-order valence-electron chi connectivity index (χ1n) is 8.03. The molecule has 2 aromatic heterocycles. The van der Waals surface area contributed by atoms with E-state index in [1.165, 1.54) is 4.88 Å². The molecule has 1 amide bonds. The maximum absolute atomic E-state index is 11.9. The van der Waals surface area contributed by atoms with E-state index in [1.54, 1.807) is 23.7 Å². The van der Waals surface area contributed by atoms with Crippen molar-refractivity contribution in [2.24, 2.45) is 0 Å². The number of nitrogens with one attached hydrogen (secondary N) is 1. The zero-order chi connectivity index (χ0) is 17.5. The van der Waals surface area contributed by atoms with Gasteiger partial charge in [-0.15, -0.1) is 11.3 Å². The molecule has 0 saturated carbocycles. The Bertz CT molecular complexity index is 819. The van der Waals surface area contributed by atoms with E-state index in [9.17, 15) is 4.79 Å². The zero-order valence-electron chi connectivity index (χ0n) is 13.9. The van der Waals surface area contributed by atoms with E-state index in [-0.39, 0.29) is 12.5 Å². The van der Waals surface area contributed by atoms with Crippen LogP contribution in [0.25, 0.3) is 10.6 Å². The zero-order valence-corrected chi connectivity index (χ0v) is 14.8. The van der Waals surface area contributed by atoms with Crippen LogP contribution in [0.3, 0.4) is 0 Å². The number of rotatable bonds is 7. The summed E-state index contributed by atoms with van der Waals surface area (Å²) < 4.78 is 5.43. The third kappa shape index (κ3) is 4.87. The van der Waals surface area contributed by atoms with Crippen LogP contribution in [0.4, 0.5) is 0 Å². The minimum absolute atomic E-state index is 0.0218. The molecule has 0 saturated heterocycles. The molecule has 0 atom stereocenters. The van der Waals surface area contributed by atoms with Crippen LogP contribution in [-0.2, 0) is 11.2 Å². The first-order valence-corrected chi connectivity index (χ1v) is 8.85. The molecule has 0 aliphatic rings. The van der Waals surface area contributed by atoms with E-state index in [0.717, 1.165) is 22.7 Å². The Balaban J connectivity index is 1.47. The second-order valence-electron chi connectivity index (χ2n) is 5.47. The summed E-state index contributed by atoms with van der Waals surface area (Å²) in [6.45, 7) is 2.58. The van der Waals surface area contributed by atoms with Gasteiger partial charge in [0.1, 0.15) is 10.8 Å². The molecule has 0 aliphatic heterocycles. The molecule has 5 nitrogen and oxygen atoms in total. The molecule has 0 spiro atoms. The van der Waals surface area contributed by atoms with Crippen molar-refractivity contribution in [3.8, 4) is 16.3 Å². The van der Waals surface area contributed by atoms with Gasteiger partial charge < -0.3 is 10.1 Å². The Hall–Kier alpha value is -2.73. The number of carbonyl (C=O) groups excluding carboxylic acids is 1. The fourth-order valence-electron chi connectivity index (χ4n) is 2.31. The van der Waals surface area contributed by atoms with Gasteiger partial charge in [0.2, 0.25) is 0 Å². The number of hydrogen-bond donors (Lipinski definition) is 1. The number of pyridine rings is 1. The second kappa shape index (κ2) is 8.39. The predicted octanol–water partition coefficient (Wildman–Crippen LogP) is 3.25. The molecule has 1 N–H and O–H groups in total. The highest BCUT2D eigenvalue weighted by Crippen LogP contribution is 2.27. The molecule has 3 aromatic rings. The lowest BCUT2D eigenvalue weighted by Crippen LogP contribution is -2.30. The third-order valence-corrected chi connectivity index (χ3v) is 4.87. The van der Waals surface area contributed by atoms with Crippen molar-refractivity contribution in [1.29, 1.82) is 0 Å². The number of hydrogen-bond acceptors (Lipinski definition) is 5. The Labute approximate surface area is 150 Å². The van der Waals surface area contributed by atoms with Crippen LogP contribution in [-0.4, -0.2) is 29.0 Å². The van der Waals surface area contributed by atoms with Crippen molar-refractivity contribution in [1.82, 2.24) is 15.3 Å². The van der Waals surface area contributed by atoms with Crippen molar-refractivity contribution in [3.05, 3.63) is 65.4 Å². The highest BCUT2D eigenvalue weighted by atomic mass is 32.1. The first kappa shape index (κ1) is 17.1. The van der Waals surface area contributed by atoms with Crippen LogP contribution in [0.15, 0.2) is 54.9 Å². The van der Waals surface area contributed by atoms with Gasteiger partial charge in [0.15, 0.2) is 6.61 Å². The van der Waals surface area contributed by atoms with Crippen molar-refractivity contribution in [2.75, 3.05) is 13.2 Å². The molecular formula is C19H19N3O2S. The van der Waals surface area contributed by atoms with Gasteiger partial charge in [-0.05, 0) is 31.2 Å². The van der Waals surface area contributed by atoms with E-state index >= 15 is 0 Å². The summed E-state index contributed by atoms with van der Waals surface area (Å²) in [6.07, 6.45) is 4.28. The van der Waals surface area contributed by atoms with Gasteiger partial charge in [0.05, 0.1) is 5.69 Å². The molecule has 0 fully saturated rings. The molecule has 0 radical (unpaired) electrons. The third-order valence-electron chi connectivity index (χ3n) is 3.61. The summed E-state index contributed by atoms with van der Waals surface area (Å²) in [4.78, 5) is 21.7. The van der Waals surface area contributed by atoms with Gasteiger partial charge in [-0.3, -0.25) is 9.78 Å². The molecular weight excluding hydrogens is 334 g/mol. The summed E-state index contributed by atoms with van der Waals surface area (Å²) >= 11 is 1.65. The molecule has 25 heavy (non-hydrogen) atoms. The van der Waals surface area contributed by atoms with Crippen molar-refractivity contribution >= 4 is 17.2 Å². The summed E-state index contributed by atoms with van der Waals surface area (Å²) in [5.74, 6) is 0.568. The lowest BCUT2D eigenvalue weighted by molar-refractivity contribution is -0.123. The number of para-hydroxylation sites is 1. The lowest BCUT2D eigenvalue weighted by Gasteiger charge is -2.07. The number of aryl methyl sites for hydroxylation is 1. The normalized spacial score (nSPS) is 10.4. The number of carbonyl (C=O) groups is 1. The van der Waals surface area contributed by atoms with E-state index in [1.807, 2.05) is 49.4 Å². The Morgan fingerprint density at radius 3 is 2.68 bits per heavy atom. The van der Waals surface area contributed by atoms with Crippen LogP contribution < -0.4 is 10.1 Å². The fraction of sp³-hybridized carbons (Fsp3) is 0.211. The van der Waals surface area contributed by atoms with E-state index in [0.29, 0.717) is 12.3 Å². The molecule has 2 heterocycles. The smallest absolute Gasteiger partial charge is 0.257 e. The molecule has 0 aliphatic carbocycles. The van der Waals surface area contributed by atoms with Crippen LogP contribution >= 0.6 is 11.3 Å². The Morgan fingerprint density at radius 2 is 1.92 bits per heavy atom.